The fourth-order valence-corrected chi connectivity index (χ4v) is 3.12. The lowest BCUT2D eigenvalue weighted by atomic mass is 10.0. The molecule has 0 bridgehead atoms. The number of hydrogen-bond acceptors (Lipinski definition) is 4. The van der Waals surface area contributed by atoms with E-state index in [0.29, 0.717) is 43.2 Å². The molecule has 0 saturated carbocycles. The van der Waals surface area contributed by atoms with E-state index in [1.54, 1.807) is 30.3 Å². The molecule has 0 N–H and O–H groups in total. The monoisotopic (exact) mass is 405 g/mol. The van der Waals surface area contributed by atoms with Crippen LogP contribution >= 0.6 is 0 Å². The second-order valence-corrected chi connectivity index (χ2v) is 6.73. The number of rotatable bonds is 6. The number of carbonyl (C=O) groups excluding carboxylic acids is 1. The molecule has 0 spiro atoms. The first kappa shape index (κ1) is 21.1. The minimum atomic E-state index is -4.47. The second-order valence-electron chi connectivity index (χ2n) is 6.73. The highest BCUT2D eigenvalue weighted by Gasteiger charge is 2.33. The van der Waals surface area contributed by atoms with Gasteiger partial charge in [0.25, 0.3) is 0 Å². The normalized spacial score (nSPS) is 15.6. The van der Waals surface area contributed by atoms with E-state index >= 15 is 0 Å². The molecule has 1 aliphatic heterocycles. The van der Waals surface area contributed by atoms with Gasteiger partial charge in [-0.1, -0.05) is 18.2 Å². The van der Waals surface area contributed by atoms with Crippen molar-refractivity contribution in [2.45, 2.75) is 12.7 Å². The van der Waals surface area contributed by atoms with E-state index in [-0.39, 0.29) is 17.9 Å². The van der Waals surface area contributed by atoms with E-state index in [4.69, 9.17) is 9.47 Å². The number of carbonyl (C=O) groups is 1. The van der Waals surface area contributed by atoms with Crippen LogP contribution in [0, 0.1) is 0 Å². The fraction of sp³-hybridized carbons (Fsp3) is 0.318. The molecule has 154 valence electrons. The van der Waals surface area contributed by atoms with E-state index in [1.165, 1.54) is 25.3 Å². The van der Waals surface area contributed by atoms with Crippen molar-refractivity contribution in [3.63, 3.8) is 0 Å². The van der Waals surface area contributed by atoms with Crippen molar-refractivity contribution >= 4 is 11.9 Å². The summed E-state index contributed by atoms with van der Waals surface area (Å²) in [6.45, 7) is 2.48. The molecule has 0 aromatic heterocycles. The van der Waals surface area contributed by atoms with Crippen molar-refractivity contribution < 1.29 is 27.4 Å². The Kier molecular flexibility index (Phi) is 6.71. The Labute approximate surface area is 167 Å². The maximum atomic E-state index is 13.6. The lowest BCUT2D eigenvalue weighted by molar-refractivity contribution is -0.138. The molecule has 1 heterocycles. The first-order valence-electron chi connectivity index (χ1n) is 9.23. The van der Waals surface area contributed by atoms with Crippen LogP contribution < -0.4 is 4.74 Å². The van der Waals surface area contributed by atoms with Gasteiger partial charge in [-0.25, -0.2) is 0 Å². The molecule has 2 aromatic carbocycles. The Balaban J connectivity index is 1.78. The molecular weight excluding hydrogens is 383 g/mol. The molecule has 0 atom stereocenters. The topological polar surface area (TPSA) is 38.8 Å². The molecular formula is C22H22F3NO3. The Morgan fingerprint density at radius 2 is 1.83 bits per heavy atom. The summed E-state index contributed by atoms with van der Waals surface area (Å²) in [5.41, 5.74) is 0.299. The van der Waals surface area contributed by atoms with Gasteiger partial charge in [-0.2, -0.15) is 13.2 Å². The summed E-state index contributed by atoms with van der Waals surface area (Å²) in [4.78, 5) is 14.2. The highest BCUT2D eigenvalue weighted by atomic mass is 19.4. The minimum absolute atomic E-state index is 0.215. The third-order valence-corrected chi connectivity index (χ3v) is 4.74. The number of ketones is 1. The minimum Gasteiger partial charge on any atom is -0.497 e. The average Bonchev–Trinajstić information content (AvgIpc) is 2.73. The molecule has 0 aliphatic carbocycles. The molecule has 1 fully saturated rings. The van der Waals surface area contributed by atoms with Gasteiger partial charge in [-0.05, 0) is 47.5 Å². The maximum absolute atomic E-state index is 13.6. The van der Waals surface area contributed by atoms with E-state index in [1.807, 2.05) is 4.90 Å². The SMILES string of the molecule is COc1ccc(C(=O)/C=C/c2ccc(CN3CCOCC3)c(C(F)(F)F)c2)cc1. The Hall–Kier alpha value is -2.64. The van der Waals surface area contributed by atoms with Gasteiger partial charge in [0.05, 0.1) is 25.9 Å². The van der Waals surface area contributed by atoms with Crippen molar-refractivity contribution in [2.24, 2.45) is 0 Å². The number of hydrogen-bond donors (Lipinski definition) is 0. The zero-order valence-corrected chi connectivity index (χ0v) is 16.0. The zero-order valence-electron chi connectivity index (χ0n) is 16.0. The van der Waals surface area contributed by atoms with Crippen LogP contribution in [0.5, 0.6) is 5.75 Å². The summed E-state index contributed by atoms with van der Waals surface area (Å²) in [5, 5.41) is 0. The fourth-order valence-electron chi connectivity index (χ4n) is 3.12. The predicted molar refractivity (Wildman–Crippen MR) is 104 cm³/mol. The van der Waals surface area contributed by atoms with Gasteiger partial charge >= 0.3 is 6.18 Å². The van der Waals surface area contributed by atoms with Crippen LogP contribution in [0.4, 0.5) is 13.2 Å². The van der Waals surface area contributed by atoms with Gasteiger partial charge in [0.15, 0.2) is 5.78 Å². The maximum Gasteiger partial charge on any atom is 0.416 e. The number of allylic oxidation sites excluding steroid dienone is 1. The molecule has 2 aromatic rings. The number of benzene rings is 2. The third kappa shape index (κ3) is 5.68. The standard InChI is InChI=1S/C22H22F3NO3/c1-28-19-7-5-17(6-8-19)21(27)9-3-16-2-4-18(20(14-16)22(23,24)25)15-26-10-12-29-13-11-26/h2-9,14H,10-13,15H2,1H3/b9-3+. The van der Waals surface area contributed by atoms with Crippen molar-refractivity contribution in [1.29, 1.82) is 0 Å². The zero-order chi connectivity index (χ0) is 20.9. The molecule has 0 unspecified atom stereocenters. The summed E-state index contributed by atoms with van der Waals surface area (Å²) in [7, 11) is 1.53. The predicted octanol–water partition coefficient (Wildman–Crippen LogP) is 4.44. The molecule has 0 radical (unpaired) electrons. The number of nitrogens with zero attached hydrogens (tertiary/aromatic N) is 1. The number of halogens is 3. The lowest BCUT2D eigenvalue weighted by Gasteiger charge is -2.27. The highest BCUT2D eigenvalue weighted by Crippen LogP contribution is 2.33. The second kappa shape index (κ2) is 9.24. The lowest BCUT2D eigenvalue weighted by Crippen LogP contribution is -2.36. The van der Waals surface area contributed by atoms with Crippen LogP contribution in [-0.2, 0) is 17.5 Å². The Morgan fingerprint density at radius 3 is 2.45 bits per heavy atom. The summed E-state index contributed by atoms with van der Waals surface area (Å²) >= 11 is 0. The van der Waals surface area contributed by atoms with Gasteiger partial charge in [0.1, 0.15) is 5.75 Å². The van der Waals surface area contributed by atoms with Crippen molar-refractivity contribution in [1.82, 2.24) is 4.90 Å². The highest BCUT2D eigenvalue weighted by molar-refractivity contribution is 6.06. The molecule has 1 saturated heterocycles. The summed E-state index contributed by atoms with van der Waals surface area (Å²) < 4.78 is 51.0. The van der Waals surface area contributed by atoms with Gasteiger partial charge in [0.2, 0.25) is 0 Å². The molecule has 4 nitrogen and oxygen atoms in total. The van der Waals surface area contributed by atoms with Crippen molar-refractivity contribution in [3.05, 3.63) is 70.8 Å². The summed E-state index contributed by atoms with van der Waals surface area (Å²) in [5.74, 6) is 0.329. The summed E-state index contributed by atoms with van der Waals surface area (Å²) in [6, 6.07) is 10.7. The Morgan fingerprint density at radius 1 is 1.14 bits per heavy atom. The number of alkyl halides is 3. The van der Waals surface area contributed by atoms with Crippen molar-refractivity contribution in [3.8, 4) is 5.75 Å². The van der Waals surface area contributed by atoms with E-state index < -0.39 is 11.7 Å². The third-order valence-electron chi connectivity index (χ3n) is 4.74. The average molecular weight is 405 g/mol. The number of morpholine rings is 1. The quantitative estimate of drug-likeness (QED) is 0.526. The van der Waals surface area contributed by atoms with Crippen LogP contribution in [0.25, 0.3) is 6.08 Å². The van der Waals surface area contributed by atoms with E-state index in [0.717, 1.165) is 6.07 Å². The van der Waals surface area contributed by atoms with Gasteiger partial charge in [0, 0.05) is 25.2 Å². The smallest absolute Gasteiger partial charge is 0.416 e. The molecule has 3 rings (SSSR count). The van der Waals surface area contributed by atoms with Crippen LogP contribution in [-0.4, -0.2) is 44.1 Å². The largest absolute Gasteiger partial charge is 0.497 e. The van der Waals surface area contributed by atoms with Gasteiger partial charge < -0.3 is 9.47 Å². The Bertz CT molecular complexity index is 870. The first-order chi connectivity index (χ1) is 13.9. The molecule has 0 amide bonds. The van der Waals surface area contributed by atoms with Gasteiger partial charge in [-0.3, -0.25) is 9.69 Å². The van der Waals surface area contributed by atoms with Crippen LogP contribution in [0.3, 0.4) is 0 Å². The van der Waals surface area contributed by atoms with E-state index in [2.05, 4.69) is 0 Å². The first-order valence-corrected chi connectivity index (χ1v) is 9.23. The van der Waals surface area contributed by atoms with Crippen molar-refractivity contribution in [2.75, 3.05) is 33.4 Å². The van der Waals surface area contributed by atoms with Crippen LogP contribution in [0.15, 0.2) is 48.5 Å². The molecule has 29 heavy (non-hydrogen) atoms. The number of methoxy groups -OCH3 is 1. The van der Waals surface area contributed by atoms with Crippen LogP contribution in [0.1, 0.15) is 27.0 Å². The number of ether oxygens (including phenoxy) is 2. The van der Waals surface area contributed by atoms with Crippen LogP contribution in [0.2, 0.25) is 0 Å². The molecule has 1 aliphatic rings. The van der Waals surface area contributed by atoms with Gasteiger partial charge in [-0.15, -0.1) is 0 Å². The van der Waals surface area contributed by atoms with E-state index in [9.17, 15) is 18.0 Å². The summed E-state index contributed by atoms with van der Waals surface area (Å²) in [6.07, 6.45) is -1.79. The molecule has 7 heteroatoms.